The Bertz CT molecular complexity index is 526. The van der Waals surface area contributed by atoms with Gasteiger partial charge >= 0.3 is 0 Å². The molecule has 0 spiro atoms. The number of rotatable bonds is 2. The highest BCUT2D eigenvalue weighted by Crippen LogP contribution is 2.33. The van der Waals surface area contributed by atoms with E-state index in [-0.39, 0.29) is 5.54 Å². The summed E-state index contributed by atoms with van der Waals surface area (Å²) in [5, 5.41) is 3.36. The van der Waals surface area contributed by atoms with Gasteiger partial charge in [-0.3, -0.25) is 0 Å². The van der Waals surface area contributed by atoms with Crippen LogP contribution in [-0.4, -0.2) is 11.4 Å². The van der Waals surface area contributed by atoms with Gasteiger partial charge in [0.1, 0.15) is 0 Å². The lowest BCUT2D eigenvalue weighted by molar-refractivity contribution is 0.426. The van der Waals surface area contributed by atoms with Crippen LogP contribution in [0.3, 0.4) is 0 Å². The molecule has 2 rings (SSSR count). The maximum absolute atomic E-state index is 3.67. The van der Waals surface area contributed by atoms with Gasteiger partial charge < -0.3 is 9.72 Å². The number of hydrogen-bond acceptors (Lipinski definition) is 1. The highest BCUT2D eigenvalue weighted by atomic mass is 79.9. The molecule has 0 aromatic carbocycles. The van der Waals surface area contributed by atoms with Gasteiger partial charge in [-0.15, -0.1) is 0 Å². The fourth-order valence-electron chi connectivity index (χ4n) is 2.18. The predicted octanol–water partition coefficient (Wildman–Crippen LogP) is 3.46. The molecule has 0 radical (unpaired) electrons. The van der Waals surface area contributed by atoms with E-state index >= 15 is 0 Å². The van der Waals surface area contributed by atoms with Crippen LogP contribution in [-0.2, 0) is 5.54 Å². The van der Waals surface area contributed by atoms with E-state index in [4.69, 9.17) is 0 Å². The van der Waals surface area contributed by atoms with E-state index in [1.807, 2.05) is 7.05 Å². The topological polar surface area (TPSA) is 16.4 Å². The highest BCUT2D eigenvalue weighted by Gasteiger charge is 2.26. The Kier molecular flexibility index (Phi) is 2.84. The summed E-state index contributed by atoms with van der Waals surface area (Å²) in [6.45, 7) is 6.55. The molecule has 2 nitrogen and oxygen atoms in total. The second-order valence-corrected chi connectivity index (χ2v) is 5.41. The van der Waals surface area contributed by atoms with Crippen molar-refractivity contribution in [2.24, 2.45) is 0 Å². The van der Waals surface area contributed by atoms with Crippen LogP contribution >= 0.6 is 15.9 Å². The Morgan fingerprint density at radius 2 is 2.00 bits per heavy atom. The van der Waals surface area contributed by atoms with Crippen LogP contribution in [0, 0.1) is 6.92 Å². The monoisotopic (exact) mass is 280 g/mol. The van der Waals surface area contributed by atoms with Crippen molar-refractivity contribution in [1.82, 2.24) is 9.72 Å². The molecule has 2 aromatic heterocycles. The standard InChI is InChI=1S/C13H17BrN2/c1-9-11(14)10-7-5-6-8-16(10)12(9)13(2,3)15-4/h5-8,15H,1-4H3. The second-order valence-electron chi connectivity index (χ2n) is 4.62. The normalized spacial score (nSPS) is 12.3. The zero-order valence-corrected chi connectivity index (χ0v) is 11.7. The van der Waals surface area contributed by atoms with Gasteiger partial charge in [-0.25, -0.2) is 0 Å². The third-order valence-electron chi connectivity index (χ3n) is 3.23. The Morgan fingerprint density at radius 1 is 1.31 bits per heavy atom. The lowest BCUT2D eigenvalue weighted by Crippen LogP contribution is -2.35. The van der Waals surface area contributed by atoms with Gasteiger partial charge in [-0.05, 0) is 61.4 Å². The molecule has 2 aromatic rings. The fraction of sp³-hybridized carbons (Fsp3) is 0.385. The summed E-state index contributed by atoms with van der Waals surface area (Å²) in [7, 11) is 2.00. The largest absolute Gasteiger partial charge is 0.318 e. The molecule has 1 N–H and O–H groups in total. The van der Waals surface area contributed by atoms with E-state index in [9.17, 15) is 0 Å². The van der Waals surface area contributed by atoms with Crippen molar-refractivity contribution >= 4 is 21.4 Å². The molecule has 0 aliphatic heterocycles. The second kappa shape index (κ2) is 3.90. The lowest BCUT2D eigenvalue weighted by Gasteiger charge is -2.25. The molecule has 0 saturated carbocycles. The van der Waals surface area contributed by atoms with Crippen molar-refractivity contribution in [1.29, 1.82) is 0 Å². The number of halogens is 1. The minimum absolute atomic E-state index is 0.0413. The third-order valence-corrected chi connectivity index (χ3v) is 4.23. The fourth-order valence-corrected chi connectivity index (χ4v) is 2.69. The molecule has 0 amide bonds. The number of nitrogens with one attached hydrogen (secondary N) is 1. The smallest absolute Gasteiger partial charge is 0.0598 e. The van der Waals surface area contributed by atoms with Crippen molar-refractivity contribution in [3.63, 3.8) is 0 Å². The van der Waals surface area contributed by atoms with Crippen LogP contribution in [0.2, 0.25) is 0 Å². The number of fused-ring (bicyclic) bond motifs is 1. The molecule has 2 heterocycles. The molecule has 0 fully saturated rings. The van der Waals surface area contributed by atoms with Crippen molar-refractivity contribution < 1.29 is 0 Å². The van der Waals surface area contributed by atoms with Gasteiger partial charge in [-0.2, -0.15) is 0 Å². The molecule has 0 atom stereocenters. The maximum Gasteiger partial charge on any atom is 0.0598 e. The van der Waals surface area contributed by atoms with E-state index in [1.54, 1.807) is 0 Å². The summed E-state index contributed by atoms with van der Waals surface area (Å²) in [6.07, 6.45) is 2.11. The molecule has 3 heteroatoms. The van der Waals surface area contributed by atoms with Crippen molar-refractivity contribution in [2.45, 2.75) is 26.3 Å². The van der Waals surface area contributed by atoms with Gasteiger partial charge in [0.25, 0.3) is 0 Å². The molecule has 0 saturated heterocycles. The van der Waals surface area contributed by atoms with Gasteiger partial charge in [0.15, 0.2) is 0 Å². The van der Waals surface area contributed by atoms with E-state index in [0.717, 1.165) is 0 Å². The maximum atomic E-state index is 3.67. The Labute approximate surface area is 105 Å². The molecule has 0 bridgehead atoms. The average Bonchev–Trinajstić information content (AvgIpc) is 2.53. The molecule has 0 aliphatic carbocycles. The number of nitrogens with zero attached hydrogens (tertiary/aromatic N) is 1. The van der Waals surface area contributed by atoms with Crippen LogP contribution < -0.4 is 5.32 Å². The minimum Gasteiger partial charge on any atom is -0.318 e. The molecule has 16 heavy (non-hydrogen) atoms. The minimum atomic E-state index is -0.0413. The van der Waals surface area contributed by atoms with Crippen LogP contribution in [0.1, 0.15) is 25.1 Å². The Hall–Kier alpha value is -0.800. The van der Waals surface area contributed by atoms with Crippen LogP contribution in [0.4, 0.5) is 0 Å². The number of hydrogen-bond donors (Lipinski definition) is 1. The quantitative estimate of drug-likeness (QED) is 0.891. The molecular weight excluding hydrogens is 264 g/mol. The van der Waals surface area contributed by atoms with Gasteiger partial charge in [0, 0.05) is 16.4 Å². The van der Waals surface area contributed by atoms with E-state index < -0.39 is 0 Å². The summed E-state index contributed by atoms with van der Waals surface area (Å²) >= 11 is 3.67. The molecular formula is C13H17BrN2. The van der Waals surface area contributed by atoms with Crippen molar-refractivity contribution in [3.8, 4) is 0 Å². The van der Waals surface area contributed by atoms with E-state index in [2.05, 4.69) is 70.8 Å². The molecule has 86 valence electrons. The SMILES string of the molecule is CNC(C)(C)c1c(C)c(Br)c2ccccn12. The van der Waals surface area contributed by atoms with Crippen molar-refractivity contribution in [2.75, 3.05) is 7.05 Å². The molecule has 0 unspecified atom stereocenters. The highest BCUT2D eigenvalue weighted by molar-refractivity contribution is 9.10. The Balaban J connectivity index is 2.84. The zero-order chi connectivity index (χ0) is 11.9. The lowest BCUT2D eigenvalue weighted by atomic mass is 9.98. The van der Waals surface area contributed by atoms with Gasteiger partial charge in [0.05, 0.1) is 11.1 Å². The summed E-state index contributed by atoms with van der Waals surface area (Å²) in [5.74, 6) is 0. The summed E-state index contributed by atoms with van der Waals surface area (Å²) < 4.78 is 3.43. The average molecular weight is 281 g/mol. The van der Waals surface area contributed by atoms with Crippen molar-refractivity contribution in [3.05, 3.63) is 40.1 Å². The first kappa shape index (κ1) is 11.7. The summed E-state index contributed by atoms with van der Waals surface area (Å²) in [6, 6.07) is 6.26. The van der Waals surface area contributed by atoms with Crippen LogP contribution in [0.25, 0.3) is 5.52 Å². The van der Waals surface area contributed by atoms with E-state index in [0.29, 0.717) is 0 Å². The first-order chi connectivity index (χ1) is 7.49. The van der Waals surface area contributed by atoms with E-state index in [1.165, 1.54) is 21.2 Å². The Morgan fingerprint density at radius 3 is 2.62 bits per heavy atom. The summed E-state index contributed by atoms with van der Waals surface area (Å²) in [5.41, 5.74) is 3.78. The predicted molar refractivity (Wildman–Crippen MR) is 71.9 cm³/mol. The van der Waals surface area contributed by atoms with Gasteiger partial charge in [-0.1, -0.05) is 6.07 Å². The first-order valence-corrected chi connectivity index (χ1v) is 6.23. The van der Waals surface area contributed by atoms with Gasteiger partial charge in [0.2, 0.25) is 0 Å². The number of pyridine rings is 1. The number of aromatic nitrogens is 1. The summed E-state index contributed by atoms with van der Waals surface area (Å²) in [4.78, 5) is 0. The molecule has 0 aliphatic rings. The first-order valence-electron chi connectivity index (χ1n) is 5.43. The van der Waals surface area contributed by atoms with Crippen LogP contribution in [0.5, 0.6) is 0 Å². The van der Waals surface area contributed by atoms with Crippen LogP contribution in [0.15, 0.2) is 28.9 Å². The third kappa shape index (κ3) is 1.59. The zero-order valence-electron chi connectivity index (χ0n) is 10.1.